The average molecular weight is 260 g/mol. The molecule has 0 saturated carbocycles. The minimum atomic E-state index is 0.136. The number of hydrogen-bond acceptors (Lipinski definition) is 1. The van der Waals surface area contributed by atoms with Crippen LogP contribution >= 0.6 is 0 Å². The van der Waals surface area contributed by atoms with E-state index in [0.717, 1.165) is 6.29 Å². The van der Waals surface area contributed by atoms with E-state index >= 15 is 0 Å². The summed E-state index contributed by atoms with van der Waals surface area (Å²) < 4.78 is 0. The lowest BCUT2D eigenvalue weighted by Crippen LogP contribution is -2.17. The van der Waals surface area contributed by atoms with Crippen molar-refractivity contribution >= 4 is 6.29 Å². The number of rotatable bonds is 3. The highest BCUT2D eigenvalue weighted by Crippen LogP contribution is 2.33. The Kier molecular flexibility index (Phi) is 4.60. The van der Waals surface area contributed by atoms with Gasteiger partial charge in [-0.3, -0.25) is 0 Å². The van der Waals surface area contributed by atoms with Crippen LogP contribution in [0.3, 0.4) is 0 Å². The molecule has 1 unspecified atom stereocenters. The first-order valence-corrected chi connectivity index (χ1v) is 7.15. The van der Waals surface area contributed by atoms with Gasteiger partial charge in [0.15, 0.2) is 0 Å². The molecule has 0 spiro atoms. The van der Waals surface area contributed by atoms with Gasteiger partial charge < -0.3 is 4.79 Å². The highest BCUT2D eigenvalue weighted by molar-refractivity contribution is 5.52. The van der Waals surface area contributed by atoms with Crippen molar-refractivity contribution < 1.29 is 4.79 Å². The van der Waals surface area contributed by atoms with Gasteiger partial charge in [-0.1, -0.05) is 66.7 Å². The van der Waals surface area contributed by atoms with E-state index in [-0.39, 0.29) is 10.8 Å². The third-order valence-corrected chi connectivity index (χ3v) is 3.71. The zero-order valence-electron chi connectivity index (χ0n) is 13.5. The zero-order chi connectivity index (χ0) is 14.8. The summed E-state index contributed by atoms with van der Waals surface area (Å²) in [5, 5.41) is 0. The van der Waals surface area contributed by atoms with Crippen molar-refractivity contribution in [3.8, 4) is 0 Å². The fraction of sp³-hybridized carbons (Fsp3) is 0.611. The molecule has 0 aliphatic rings. The highest BCUT2D eigenvalue weighted by atomic mass is 16.1. The van der Waals surface area contributed by atoms with Crippen LogP contribution in [0.25, 0.3) is 0 Å². The Bertz CT molecular complexity index is 411. The van der Waals surface area contributed by atoms with Crippen LogP contribution in [0.2, 0.25) is 0 Å². The summed E-state index contributed by atoms with van der Waals surface area (Å²) in [5.74, 6) is 0.292. The monoisotopic (exact) mass is 260 g/mol. The topological polar surface area (TPSA) is 17.1 Å². The Morgan fingerprint density at radius 2 is 1.37 bits per heavy atom. The summed E-state index contributed by atoms with van der Waals surface area (Å²) in [6.45, 7) is 15.6. The SMILES string of the molecule is CC(CC=O)c1cc(C(C)(C)C)cc(C(C)(C)C)c1. The Labute approximate surface area is 118 Å². The molecule has 0 heterocycles. The molecule has 0 radical (unpaired) electrons. The standard InChI is InChI=1S/C18H28O/c1-13(8-9-19)14-10-15(17(2,3)4)12-16(11-14)18(5,6)7/h9-13H,8H2,1-7H3. The predicted octanol–water partition coefficient (Wildman–Crippen LogP) is 4.97. The summed E-state index contributed by atoms with van der Waals surface area (Å²) in [7, 11) is 0. The molecule has 1 heteroatoms. The van der Waals surface area contributed by atoms with E-state index in [0.29, 0.717) is 12.3 Å². The summed E-state index contributed by atoms with van der Waals surface area (Å²) in [6, 6.07) is 6.85. The smallest absolute Gasteiger partial charge is 0.120 e. The zero-order valence-corrected chi connectivity index (χ0v) is 13.5. The van der Waals surface area contributed by atoms with Crippen LogP contribution in [0.1, 0.15) is 77.5 Å². The summed E-state index contributed by atoms with van der Waals surface area (Å²) in [5.41, 5.74) is 4.26. The van der Waals surface area contributed by atoms with Gasteiger partial charge in [-0.2, -0.15) is 0 Å². The Morgan fingerprint density at radius 1 is 0.947 bits per heavy atom. The first-order valence-electron chi connectivity index (χ1n) is 7.15. The van der Waals surface area contributed by atoms with Gasteiger partial charge in [-0.25, -0.2) is 0 Å². The molecule has 1 aromatic carbocycles. The second-order valence-corrected chi connectivity index (χ2v) is 7.65. The number of carbonyl (C=O) groups excluding carboxylic acids is 1. The van der Waals surface area contributed by atoms with E-state index in [2.05, 4.69) is 66.7 Å². The van der Waals surface area contributed by atoms with Gasteiger partial charge >= 0.3 is 0 Å². The van der Waals surface area contributed by atoms with E-state index in [1.165, 1.54) is 16.7 Å². The van der Waals surface area contributed by atoms with Gasteiger partial charge in [0.05, 0.1) is 0 Å². The quantitative estimate of drug-likeness (QED) is 0.701. The lowest BCUT2D eigenvalue weighted by molar-refractivity contribution is -0.108. The van der Waals surface area contributed by atoms with Gasteiger partial charge in [0, 0.05) is 6.42 Å². The third kappa shape index (κ3) is 4.19. The molecule has 19 heavy (non-hydrogen) atoms. The molecule has 1 rings (SSSR count). The fourth-order valence-electron chi connectivity index (χ4n) is 2.08. The van der Waals surface area contributed by atoms with Gasteiger partial charge in [-0.15, -0.1) is 0 Å². The van der Waals surface area contributed by atoms with Crippen molar-refractivity contribution in [3.05, 3.63) is 34.9 Å². The maximum atomic E-state index is 10.8. The van der Waals surface area contributed by atoms with Crippen LogP contribution < -0.4 is 0 Å². The molecule has 0 bridgehead atoms. The summed E-state index contributed by atoms with van der Waals surface area (Å²) in [4.78, 5) is 10.8. The van der Waals surface area contributed by atoms with Crippen LogP contribution in [-0.4, -0.2) is 6.29 Å². The second kappa shape index (κ2) is 5.48. The Hall–Kier alpha value is -1.11. The maximum absolute atomic E-state index is 10.8. The van der Waals surface area contributed by atoms with Crippen molar-refractivity contribution in [1.82, 2.24) is 0 Å². The summed E-state index contributed by atoms with van der Waals surface area (Å²) >= 11 is 0. The van der Waals surface area contributed by atoms with E-state index in [9.17, 15) is 4.79 Å². The van der Waals surface area contributed by atoms with Gasteiger partial charge in [0.2, 0.25) is 0 Å². The van der Waals surface area contributed by atoms with Crippen LogP contribution in [0.4, 0.5) is 0 Å². The Morgan fingerprint density at radius 3 is 1.68 bits per heavy atom. The van der Waals surface area contributed by atoms with Gasteiger partial charge in [0.25, 0.3) is 0 Å². The van der Waals surface area contributed by atoms with Crippen molar-refractivity contribution in [2.75, 3.05) is 0 Å². The predicted molar refractivity (Wildman–Crippen MR) is 82.9 cm³/mol. The first-order chi connectivity index (χ1) is 8.55. The van der Waals surface area contributed by atoms with Crippen molar-refractivity contribution in [1.29, 1.82) is 0 Å². The molecule has 1 aromatic rings. The molecule has 0 N–H and O–H groups in total. The molecule has 1 nitrogen and oxygen atoms in total. The normalized spacial score (nSPS) is 14.3. The molecular formula is C18H28O. The fourth-order valence-corrected chi connectivity index (χ4v) is 2.08. The lowest BCUT2D eigenvalue weighted by atomic mass is 9.78. The maximum Gasteiger partial charge on any atom is 0.120 e. The molecule has 1 atom stereocenters. The van der Waals surface area contributed by atoms with Crippen molar-refractivity contribution in [2.45, 2.75) is 71.6 Å². The number of aldehydes is 1. The molecule has 0 fully saturated rings. The molecule has 0 aliphatic heterocycles. The molecular weight excluding hydrogens is 232 g/mol. The first kappa shape index (κ1) is 15.9. The van der Waals surface area contributed by atoms with Crippen LogP contribution in [0, 0.1) is 0 Å². The van der Waals surface area contributed by atoms with Gasteiger partial charge in [0.1, 0.15) is 6.29 Å². The van der Waals surface area contributed by atoms with E-state index in [1.54, 1.807) is 0 Å². The van der Waals surface area contributed by atoms with E-state index in [4.69, 9.17) is 0 Å². The molecule has 0 saturated heterocycles. The number of benzene rings is 1. The third-order valence-electron chi connectivity index (χ3n) is 3.71. The molecule has 0 amide bonds. The van der Waals surface area contributed by atoms with Crippen LogP contribution in [-0.2, 0) is 15.6 Å². The average Bonchev–Trinajstić information content (AvgIpc) is 2.26. The van der Waals surface area contributed by atoms with Crippen LogP contribution in [0.5, 0.6) is 0 Å². The molecule has 0 aliphatic carbocycles. The minimum Gasteiger partial charge on any atom is -0.303 e. The number of hydrogen-bond donors (Lipinski definition) is 0. The number of carbonyl (C=O) groups is 1. The van der Waals surface area contributed by atoms with E-state index in [1.807, 2.05) is 0 Å². The van der Waals surface area contributed by atoms with Gasteiger partial charge in [-0.05, 0) is 33.4 Å². The molecule has 106 valence electrons. The molecule has 0 aromatic heterocycles. The van der Waals surface area contributed by atoms with E-state index < -0.39 is 0 Å². The second-order valence-electron chi connectivity index (χ2n) is 7.65. The van der Waals surface area contributed by atoms with Crippen LogP contribution in [0.15, 0.2) is 18.2 Å². The minimum absolute atomic E-state index is 0.136. The highest BCUT2D eigenvalue weighted by Gasteiger charge is 2.21. The summed E-state index contributed by atoms with van der Waals surface area (Å²) in [6.07, 6.45) is 1.61. The lowest BCUT2D eigenvalue weighted by Gasteiger charge is -2.27. The van der Waals surface area contributed by atoms with Crippen molar-refractivity contribution in [2.24, 2.45) is 0 Å². The Balaban J connectivity index is 3.36. The van der Waals surface area contributed by atoms with Crippen molar-refractivity contribution in [3.63, 3.8) is 0 Å². The largest absolute Gasteiger partial charge is 0.303 e.